The number of Topliss-reactive ketones (excluding diaryl/α,β-unsaturated/α-hetero) is 1. The maximum absolute atomic E-state index is 12.4. The van der Waals surface area contributed by atoms with Crippen LogP contribution in [0.15, 0.2) is 47.1 Å². The minimum absolute atomic E-state index is 0.0945. The molecule has 2 aromatic rings. The van der Waals surface area contributed by atoms with Gasteiger partial charge in [0, 0.05) is 23.6 Å². The number of rotatable bonds is 8. The van der Waals surface area contributed by atoms with Gasteiger partial charge < -0.3 is 14.5 Å². The van der Waals surface area contributed by atoms with Crippen molar-refractivity contribution in [2.24, 2.45) is 5.92 Å². The van der Waals surface area contributed by atoms with Crippen molar-refractivity contribution in [3.8, 4) is 0 Å². The van der Waals surface area contributed by atoms with E-state index >= 15 is 0 Å². The number of aryl methyl sites for hydroxylation is 1. The lowest BCUT2D eigenvalue weighted by molar-refractivity contribution is -0.146. The van der Waals surface area contributed by atoms with E-state index in [4.69, 9.17) is 9.15 Å². The Bertz CT molecular complexity index is 747. The second kappa shape index (κ2) is 8.99. The van der Waals surface area contributed by atoms with Gasteiger partial charge in [0.05, 0.1) is 12.7 Å². The van der Waals surface area contributed by atoms with E-state index in [1.807, 2.05) is 0 Å². The monoisotopic (exact) mass is 357 g/mol. The van der Waals surface area contributed by atoms with Crippen molar-refractivity contribution < 1.29 is 23.5 Å². The summed E-state index contributed by atoms with van der Waals surface area (Å²) in [6, 6.07) is 10.0. The summed E-state index contributed by atoms with van der Waals surface area (Å²) in [5.41, 5.74) is 1.03. The van der Waals surface area contributed by atoms with Crippen LogP contribution in [0.1, 0.15) is 43.3 Å². The van der Waals surface area contributed by atoms with Gasteiger partial charge in [0.25, 0.3) is 0 Å². The Morgan fingerprint density at radius 2 is 1.77 bits per heavy atom. The number of anilines is 1. The minimum Gasteiger partial charge on any atom is -0.469 e. The average Bonchev–Trinajstić information content (AvgIpc) is 3.13. The van der Waals surface area contributed by atoms with Crippen LogP contribution in [0, 0.1) is 5.92 Å². The molecule has 1 atom stereocenters. The Morgan fingerprint density at radius 3 is 2.35 bits per heavy atom. The Morgan fingerprint density at radius 1 is 1.08 bits per heavy atom. The van der Waals surface area contributed by atoms with Crippen LogP contribution in [0.4, 0.5) is 5.69 Å². The van der Waals surface area contributed by atoms with Crippen LogP contribution in [-0.2, 0) is 20.7 Å². The van der Waals surface area contributed by atoms with Crippen molar-refractivity contribution in [2.45, 2.75) is 39.7 Å². The molecule has 0 bridgehead atoms. The van der Waals surface area contributed by atoms with E-state index < -0.39 is 12.1 Å². The fourth-order valence-corrected chi connectivity index (χ4v) is 2.23. The lowest BCUT2D eigenvalue weighted by Crippen LogP contribution is -2.24. The number of amides is 1. The zero-order valence-corrected chi connectivity index (χ0v) is 15.2. The molecule has 0 aliphatic rings. The molecule has 1 unspecified atom stereocenters. The summed E-state index contributed by atoms with van der Waals surface area (Å²) in [5.74, 6) is -0.277. The quantitative estimate of drug-likeness (QED) is 0.576. The Balaban J connectivity index is 1.86. The molecular formula is C20H23NO5. The molecule has 0 aliphatic heterocycles. The number of carbonyl (C=O) groups is 3. The molecule has 0 saturated carbocycles. The third-order valence-corrected chi connectivity index (χ3v) is 3.79. The lowest BCUT2D eigenvalue weighted by Gasteiger charge is -2.13. The molecule has 0 aliphatic carbocycles. The molecule has 0 fully saturated rings. The first kappa shape index (κ1) is 19.4. The zero-order valence-electron chi connectivity index (χ0n) is 15.2. The molecular weight excluding hydrogens is 334 g/mol. The van der Waals surface area contributed by atoms with E-state index in [1.54, 1.807) is 63.4 Å². The number of ether oxygens (including phenoxy) is 1. The van der Waals surface area contributed by atoms with Crippen molar-refractivity contribution in [3.05, 3.63) is 54.0 Å². The smallest absolute Gasteiger partial charge is 0.306 e. The molecule has 1 amide bonds. The first-order chi connectivity index (χ1) is 12.4. The van der Waals surface area contributed by atoms with Crippen LogP contribution in [0.5, 0.6) is 0 Å². The van der Waals surface area contributed by atoms with Gasteiger partial charge in [-0.25, -0.2) is 0 Å². The van der Waals surface area contributed by atoms with Gasteiger partial charge in [0.15, 0.2) is 6.10 Å². The number of benzene rings is 1. The highest BCUT2D eigenvalue weighted by atomic mass is 16.5. The van der Waals surface area contributed by atoms with Crippen LogP contribution in [0.25, 0.3) is 0 Å². The van der Waals surface area contributed by atoms with Gasteiger partial charge in [-0.2, -0.15) is 0 Å². The molecule has 1 N–H and O–H groups in total. The second-order valence-electron chi connectivity index (χ2n) is 6.30. The van der Waals surface area contributed by atoms with Crippen LogP contribution in [0.2, 0.25) is 0 Å². The predicted molar refractivity (Wildman–Crippen MR) is 96.8 cm³/mol. The molecule has 1 aromatic carbocycles. The van der Waals surface area contributed by atoms with Gasteiger partial charge in [-0.3, -0.25) is 14.4 Å². The molecule has 6 heteroatoms. The molecule has 1 heterocycles. The highest BCUT2D eigenvalue weighted by Crippen LogP contribution is 2.14. The minimum atomic E-state index is -0.879. The van der Waals surface area contributed by atoms with E-state index in [9.17, 15) is 14.4 Å². The number of furan rings is 1. The van der Waals surface area contributed by atoms with E-state index in [0.29, 0.717) is 23.4 Å². The summed E-state index contributed by atoms with van der Waals surface area (Å²) in [5, 5.41) is 2.75. The van der Waals surface area contributed by atoms with Crippen molar-refractivity contribution in [2.75, 3.05) is 5.32 Å². The number of nitrogens with one attached hydrogen (secondary N) is 1. The van der Waals surface area contributed by atoms with E-state index in [2.05, 4.69) is 5.32 Å². The van der Waals surface area contributed by atoms with Crippen LogP contribution in [0.3, 0.4) is 0 Å². The maximum Gasteiger partial charge on any atom is 0.306 e. The van der Waals surface area contributed by atoms with E-state index in [-0.39, 0.29) is 24.0 Å². The van der Waals surface area contributed by atoms with Crippen LogP contribution >= 0.6 is 0 Å². The van der Waals surface area contributed by atoms with Crippen LogP contribution < -0.4 is 5.32 Å². The molecule has 6 nitrogen and oxygen atoms in total. The second-order valence-corrected chi connectivity index (χ2v) is 6.30. The van der Waals surface area contributed by atoms with Gasteiger partial charge in [-0.15, -0.1) is 0 Å². The molecule has 0 radical (unpaired) electrons. The van der Waals surface area contributed by atoms with Gasteiger partial charge in [0.1, 0.15) is 5.76 Å². The largest absolute Gasteiger partial charge is 0.469 e. The number of ketones is 1. The van der Waals surface area contributed by atoms with Crippen molar-refractivity contribution in [3.63, 3.8) is 0 Å². The maximum atomic E-state index is 12.4. The highest BCUT2D eigenvalue weighted by molar-refractivity contribution is 6.01. The summed E-state index contributed by atoms with van der Waals surface area (Å²) in [4.78, 5) is 35.9. The van der Waals surface area contributed by atoms with Gasteiger partial charge in [-0.1, -0.05) is 13.8 Å². The zero-order chi connectivity index (χ0) is 19.1. The Hall–Kier alpha value is -2.89. The Labute approximate surface area is 152 Å². The standard InChI is InChI=1S/C20H23NO5/c1-13(2)20(24)21-16-8-6-15(7-9-16)19(23)14(3)26-18(22)11-10-17-5-4-12-25-17/h4-9,12-14H,10-11H2,1-3H3,(H,21,24). The topological polar surface area (TPSA) is 85.6 Å². The number of hydrogen-bond acceptors (Lipinski definition) is 5. The van der Waals surface area contributed by atoms with Gasteiger partial charge >= 0.3 is 5.97 Å². The summed E-state index contributed by atoms with van der Waals surface area (Å²) in [6.07, 6.45) is 1.23. The fraction of sp³-hybridized carbons (Fsp3) is 0.350. The lowest BCUT2D eigenvalue weighted by atomic mass is 10.1. The summed E-state index contributed by atoms with van der Waals surface area (Å²) in [7, 11) is 0. The molecule has 1 aromatic heterocycles. The fourth-order valence-electron chi connectivity index (χ4n) is 2.23. The first-order valence-electron chi connectivity index (χ1n) is 8.54. The van der Waals surface area contributed by atoms with E-state index in [1.165, 1.54) is 0 Å². The molecule has 0 spiro atoms. The average molecular weight is 357 g/mol. The number of hydrogen-bond donors (Lipinski definition) is 1. The SMILES string of the molecule is CC(C)C(=O)Nc1ccc(C(=O)C(C)OC(=O)CCc2ccco2)cc1. The third-order valence-electron chi connectivity index (χ3n) is 3.79. The third kappa shape index (κ3) is 5.58. The van der Waals surface area contributed by atoms with Crippen molar-refractivity contribution in [1.29, 1.82) is 0 Å². The van der Waals surface area contributed by atoms with Crippen molar-refractivity contribution >= 4 is 23.3 Å². The summed E-state index contributed by atoms with van der Waals surface area (Å²) < 4.78 is 10.3. The molecule has 138 valence electrons. The highest BCUT2D eigenvalue weighted by Gasteiger charge is 2.19. The molecule has 26 heavy (non-hydrogen) atoms. The van der Waals surface area contributed by atoms with Crippen molar-refractivity contribution in [1.82, 2.24) is 0 Å². The summed E-state index contributed by atoms with van der Waals surface area (Å²) in [6.45, 7) is 5.14. The Kier molecular flexibility index (Phi) is 6.72. The normalized spacial score (nSPS) is 11.8. The van der Waals surface area contributed by atoms with Crippen LogP contribution in [-0.4, -0.2) is 23.8 Å². The van der Waals surface area contributed by atoms with Gasteiger partial charge in [-0.05, 0) is 43.3 Å². The molecule has 2 rings (SSSR count). The first-order valence-corrected chi connectivity index (χ1v) is 8.54. The number of esters is 1. The predicted octanol–water partition coefficient (Wildman–Crippen LogP) is 3.62. The van der Waals surface area contributed by atoms with Gasteiger partial charge in [0.2, 0.25) is 11.7 Å². The summed E-state index contributed by atoms with van der Waals surface area (Å²) >= 11 is 0. The molecule has 0 saturated heterocycles. The van der Waals surface area contributed by atoms with E-state index in [0.717, 1.165) is 0 Å². The number of carbonyl (C=O) groups excluding carboxylic acids is 3.